The lowest BCUT2D eigenvalue weighted by Crippen LogP contribution is -2.23. The molecule has 4 N–H and O–H groups in total. The van der Waals surface area contributed by atoms with Gasteiger partial charge in [0, 0.05) is 6.04 Å². The first-order valence-electron chi connectivity index (χ1n) is 6.62. The van der Waals surface area contributed by atoms with Crippen LogP contribution in [0, 0.1) is 0 Å². The molecule has 1 aromatic carbocycles. The van der Waals surface area contributed by atoms with Crippen molar-refractivity contribution in [1.29, 1.82) is 0 Å². The van der Waals surface area contributed by atoms with Crippen LogP contribution in [0.2, 0.25) is 0 Å². The van der Waals surface area contributed by atoms with Crippen molar-refractivity contribution in [1.82, 2.24) is 4.72 Å². The van der Waals surface area contributed by atoms with Gasteiger partial charge >= 0.3 is 0 Å². The Morgan fingerprint density at radius 2 is 1.89 bits per heavy atom. The molecule has 1 saturated carbocycles. The van der Waals surface area contributed by atoms with Crippen LogP contribution in [0.3, 0.4) is 0 Å². The zero-order chi connectivity index (χ0) is 13.9. The van der Waals surface area contributed by atoms with Crippen LogP contribution >= 0.6 is 0 Å². The number of hydrogen-bond donors (Lipinski definition) is 3. The molecule has 2 rings (SSSR count). The van der Waals surface area contributed by atoms with E-state index in [2.05, 4.69) is 10.0 Å². The van der Waals surface area contributed by atoms with E-state index in [4.69, 9.17) is 5.73 Å². The molecule has 0 aromatic heterocycles. The summed E-state index contributed by atoms with van der Waals surface area (Å²) in [7, 11) is -2.02. The van der Waals surface area contributed by atoms with Crippen molar-refractivity contribution in [2.45, 2.75) is 43.0 Å². The molecule has 0 radical (unpaired) electrons. The van der Waals surface area contributed by atoms with Gasteiger partial charge in [-0.05, 0) is 38.1 Å². The minimum absolute atomic E-state index is 0.238. The van der Waals surface area contributed by atoms with Crippen LogP contribution in [0.5, 0.6) is 0 Å². The van der Waals surface area contributed by atoms with E-state index < -0.39 is 10.0 Å². The maximum atomic E-state index is 11.8. The number of hydrogen-bond acceptors (Lipinski definition) is 4. The van der Waals surface area contributed by atoms with Gasteiger partial charge in [-0.2, -0.15) is 0 Å². The van der Waals surface area contributed by atoms with E-state index in [1.165, 1.54) is 32.4 Å². The maximum Gasteiger partial charge on any atom is 0.240 e. The van der Waals surface area contributed by atoms with Crippen molar-refractivity contribution >= 4 is 21.4 Å². The Labute approximate surface area is 114 Å². The van der Waals surface area contributed by atoms with Gasteiger partial charge in [0.1, 0.15) is 0 Å². The van der Waals surface area contributed by atoms with Crippen molar-refractivity contribution in [2.24, 2.45) is 0 Å². The molecule has 6 heteroatoms. The number of nitrogens with one attached hydrogen (secondary N) is 2. The van der Waals surface area contributed by atoms with Gasteiger partial charge in [0.25, 0.3) is 0 Å². The van der Waals surface area contributed by atoms with Crippen molar-refractivity contribution in [2.75, 3.05) is 18.1 Å². The minimum Gasteiger partial charge on any atom is -0.397 e. The molecule has 0 amide bonds. The average molecular weight is 283 g/mol. The fourth-order valence-corrected chi connectivity index (χ4v) is 3.17. The van der Waals surface area contributed by atoms with Crippen LogP contribution in [-0.2, 0) is 10.0 Å². The second kappa shape index (κ2) is 5.79. The molecule has 19 heavy (non-hydrogen) atoms. The van der Waals surface area contributed by atoms with Gasteiger partial charge in [0.15, 0.2) is 0 Å². The molecule has 0 unspecified atom stereocenters. The summed E-state index contributed by atoms with van der Waals surface area (Å²) in [5.41, 5.74) is 7.21. The van der Waals surface area contributed by atoms with Crippen LogP contribution in [0.15, 0.2) is 23.1 Å². The van der Waals surface area contributed by atoms with Gasteiger partial charge in [0.05, 0.1) is 16.3 Å². The van der Waals surface area contributed by atoms with Crippen molar-refractivity contribution in [3.8, 4) is 0 Å². The quantitative estimate of drug-likeness (QED) is 0.737. The number of rotatable bonds is 4. The molecule has 1 aromatic rings. The van der Waals surface area contributed by atoms with Gasteiger partial charge in [-0.15, -0.1) is 0 Å². The topological polar surface area (TPSA) is 84.2 Å². The van der Waals surface area contributed by atoms with Gasteiger partial charge in [0.2, 0.25) is 10.0 Å². The molecular formula is C13H21N3O2S. The van der Waals surface area contributed by atoms with Crippen LogP contribution in [-0.4, -0.2) is 21.5 Å². The van der Waals surface area contributed by atoms with Crippen LogP contribution < -0.4 is 15.8 Å². The van der Waals surface area contributed by atoms with E-state index in [1.54, 1.807) is 12.1 Å². The second-order valence-electron chi connectivity index (χ2n) is 4.94. The molecule has 0 bridgehead atoms. The van der Waals surface area contributed by atoms with Crippen LogP contribution in [0.1, 0.15) is 32.1 Å². The lowest BCUT2D eigenvalue weighted by molar-refractivity contribution is 0.463. The smallest absolute Gasteiger partial charge is 0.240 e. The monoisotopic (exact) mass is 283 g/mol. The normalized spacial score (nSPS) is 17.3. The first-order chi connectivity index (χ1) is 9.03. The predicted octanol–water partition coefficient (Wildman–Crippen LogP) is 1.92. The summed E-state index contributed by atoms with van der Waals surface area (Å²) in [4.78, 5) is 0.238. The zero-order valence-electron chi connectivity index (χ0n) is 11.1. The molecule has 1 aliphatic rings. The summed E-state index contributed by atoms with van der Waals surface area (Å²) in [6, 6.07) is 5.15. The van der Waals surface area contributed by atoms with E-state index in [-0.39, 0.29) is 4.90 Å². The molecule has 0 aliphatic heterocycles. The second-order valence-corrected chi connectivity index (χ2v) is 6.82. The summed E-state index contributed by atoms with van der Waals surface area (Å²) in [5.74, 6) is 0. The molecule has 5 nitrogen and oxygen atoms in total. The number of anilines is 2. The van der Waals surface area contributed by atoms with Crippen molar-refractivity contribution in [3.63, 3.8) is 0 Å². The fraction of sp³-hybridized carbons (Fsp3) is 0.538. The molecule has 0 atom stereocenters. The van der Waals surface area contributed by atoms with Crippen molar-refractivity contribution in [3.05, 3.63) is 18.2 Å². The summed E-state index contributed by atoms with van der Waals surface area (Å²) in [6.45, 7) is 0. The van der Waals surface area contributed by atoms with E-state index in [0.717, 1.165) is 12.8 Å². The Balaban J connectivity index is 2.22. The molecule has 1 fully saturated rings. The molecule has 0 saturated heterocycles. The highest BCUT2D eigenvalue weighted by Crippen LogP contribution is 2.27. The number of nitrogens with two attached hydrogens (primary N) is 1. The van der Waals surface area contributed by atoms with Crippen molar-refractivity contribution < 1.29 is 8.42 Å². The largest absolute Gasteiger partial charge is 0.397 e. The molecule has 0 heterocycles. The summed E-state index contributed by atoms with van der Waals surface area (Å²) in [5, 5.41) is 3.37. The summed E-state index contributed by atoms with van der Waals surface area (Å²) < 4.78 is 25.9. The van der Waals surface area contributed by atoms with Crippen LogP contribution in [0.4, 0.5) is 11.4 Å². The number of benzene rings is 1. The third-order valence-corrected chi connectivity index (χ3v) is 4.98. The minimum atomic E-state index is -3.42. The average Bonchev–Trinajstić information content (AvgIpc) is 2.42. The summed E-state index contributed by atoms with van der Waals surface area (Å²) in [6.07, 6.45) is 5.94. The Morgan fingerprint density at radius 3 is 2.53 bits per heavy atom. The van der Waals surface area contributed by atoms with E-state index in [9.17, 15) is 8.42 Å². The molecule has 0 spiro atoms. The highest BCUT2D eigenvalue weighted by atomic mass is 32.2. The fourth-order valence-electron chi connectivity index (χ4n) is 2.41. The van der Waals surface area contributed by atoms with Crippen LogP contribution in [0.25, 0.3) is 0 Å². The third kappa shape index (κ3) is 3.39. The summed E-state index contributed by atoms with van der Waals surface area (Å²) >= 11 is 0. The van der Waals surface area contributed by atoms with E-state index in [1.807, 2.05) is 0 Å². The van der Waals surface area contributed by atoms with Gasteiger partial charge in [-0.1, -0.05) is 19.3 Å². The highest BCUT2D eigenvalue weighted by Gasteiger charge is 2.17. The predicted molar refractivity (Wildman–Crippen MR) is 77.6 cm³/mol. The maximum absolute atomic E-state index is 11.8. The van der Waals surface area contributed by atoms with Gasteiger partial charge < -0.3 is 11.1 Å². The molecule has 1 aliphatic carbocycles. The Kier molecular flexibility index (Phi) is 4.31. The Bertz CT molecular complexity index is 537. The number of sulfonamides is 1. The van der Waals surface area contributed by atoms with Gasteiger partial charge in [-0.3, -0.25) is 0 Å². The first kappa shape index (κ1) is 14.1. The third-order valence-electron chi connectivity index (χ3n) is 3.57. The number of nitrogen functional groups attached to an aromatic ring is 1. The lowest BCUT2D eigenvalue weighted by Gasteiger charge is -2.24. The zero-order valence-corrected chi connectivity index (χ0v) is 12.0. The Hall–Kier alpha value is -1.27. The SMILES string of the molecule is CNS(=O)(=O)c1ccc(N)c(NC2CCCCC2)c1. The van der Waals surface area contributed by atoms with Gasteiger partial charge in [-0.25, -0.2) is 13.1 Å². The lowest BCUT2D eigenvalue weighted by atomic mass is 9.95. The highest BCUT2D eigenvalue weighted by molar-refractivity contribution is 7.89. The first-order valence-corrected chi connectivity index (χ1v) is 8.11. The Morgan fingerprint density at radius 1 is 1.21 bits per heavy atom. The molecule has 106 valence electrons. The molecular weight excluding hydrogens is 262 g/mol. The van der Waals surface area contributed by atoms with E-state index in [0.29, 0.717) is 17.4 Å². The van der Waals surface area contributed by atoms with E-state index >= 15 is 0 Å². The standard InChI is InChI=1S/C13H21N3O2S/c1-15-19(17,18)11-7-8-12(14)13(9-11)16-10-5-3-2-4-6-10/h7-10,15-16H,2-6,14H2,1H3.